The van der Waals surface area contributed by atoms with Gasteiger partial charge >= 0.3 is 0 Å². The third-order valence-electron chi connectivity index (χ3n) is 4.77. The van der Waals surface area contributed by atoms with E-state index < -0.39 is 0 Å². The summed E-state index contributed by atoms with van der Waals surface area (Å²) in [5.41, 5.74) is 2.50. The van der Waals surface area contributed by atoms with Crippen LogP contribution < -0.4 is 5.32 Å². The Bertz CT molecular complexity index is 847. The van der Waals surface area contributed by atoms with Gasteiger partial charge < -0.3 is 9.73 Å². The summed E-state index contributed by atoms with van der Waals surface area (Å²) in [4.78, 5) is 16.3. The number of amides is 1. The number of thiophene rings is 2. The van der Waals surface area contributed by atoms with Gasteiger partial charge in [0.1, 0.15) is 5.00 Å². The Morgan fingerprint density at radius 3 is 2.81 bits per heavy atom. The van der Waals surface area contributed by atoms with Gasteiger partial charge in [-0.3, -0.25) is 9.69 Å². The summed E-state index contributed by atoms with van der Waals surface area (Å²) in [5, 5.41) is 8.36. The van der Waals surface area contributed by atoms with E-state index in [0.717, 1.165) is 18.1 Å². The maximum Gasteiger partial charge on any atom is 0.291 e. The number of likely N-dealkylation sites (tertiary alicyclic amines) is 1. The molecule has 1 atom stereocenters. The first-order valence-corrected chi connectivity index (χ1v) is 10.7. The SMILES string of the molecule is Cc1cc([C@@H](c2ccsc2)N2CCCCC2)c(NC(=O)c2ccco2)s1. The summed E-state index contributed by atoms with van der Waals surface area (Å²) in [6.45, 7) is 4.29. The molecule has 1 saturated heterocycles. The number of nitrogens with one attached hydrogen (secondary N) is 1. The van der Waals surface area contributed by atoms with E-state index in [2.05, 4.69) is 40.0 Å². The molecule has 136 valence electrons. The van der Waals surface area contributed by atoms with Gasteiger partial charge in [0.25, 0.3) is 5.91 Å². The molecule has 0 aromatic carbocycles. The van der Waals surface area contributed by atoms with Crippen LogP contribution in [0.25, 0.3) is 0 Å². The normalized spacial score (nSPS) is 16.5. The maximum absolute atomic E-state index is 12.5. The van der Waals surface area contributed by atoms with Gasteiger partial charge in [-0.05, 0) is 73.4 Å². The number of nitrogens with zero attached hydrogens (tertiary/aromatic N) is 1. The highest BCUT2D eigenvalue weighted by molar-refractivity contribution is 7.16. The smallest absolute Gasteiger partial charge is 0.291 e. The van der Waals surface area contributed by atoms with Gasteiger partial charge in [0.05, 0.1) is 12.3 Å². The summed E-state index contributed by atoms with van der Waals surface area (Å²) in [7, 11) is 0. The second kappa shape index (κ2) is 7.78. The molecule has 3 aromatic heterocycles. The van der Waals surface area contributed by atoms with Crippen LogP contribution in [0.5, 0.6) is 0 Å². The summed E-state index contributed by atoms with van der Waals surface area (Å²) < 4.78 is 5.25. The largest absolute Gasteiger partial charge is 0.459 e. The molecule has 1 amide bonds. The van der Waals surface area contributed by atoms with Crippen molar-refractivity contribution in [1.82, 2.24) is 4.90 Å². The zero-order valence-corrected chi connectivity index (χ0v) is 16.4. The Balaban J connectivity index is 1.68. The van der Waals surface area contributed by atoms with Crippen LogP contribution in [-0.2, 0) is 0 Å². The lowest BCUT2D eigenvalue weighted by atomic mass is 9.98. The van der Waals surface area contributed by atoms with Gasteiger partial charge in [0.2, 0.25) is 0 Å². The van der Waals surface area contributed by atoms with Gasteiger partial charge in [-0.15, -0.1) is 11.3 Å². The predicted molar refractivity (Wildman–Crippen MR) is 107 cm³/mol. The third kappa shape index (κ3) is 3.63. The first-order chi connectivity index (χ1) is 12.7. The van der Waals surface area contributed by atoms with Gasteiger partial charge in [0, 0.05) is 10.4 Å². The lowest BCUT2D eigenvalue weighted by Gasteiger charge is -2.34. The van der Waals surface area contributed by atoms with Crippen LogP contribution in [0.1, 0.15) is 51.9 Å². The average Bonchev–Trinajstić information content (AvgIpc) is 3.39. The number of hydrogen-bond acceptors (Lipinski definition) is 5. The van der Waals surface area contributed by atoms with E-state index in [9.17, 15) is 4.79 Å². The quantitative estimate of drug-likeness (QED) is 0.626. The van der Waals surface area contributed by atoms with E-state index >= 15 is 0 Å². The van der Waals surface area contributed by atoms with Crippen LogP contribution in [0.2, 0.25) is 0 Å². The monoisotopic (exact) mass is 386 g/mol. The number of hydrogen-bond donors (Lipinski definition) is 1. The number of furan rings is 1. The summed E-state index contributed by atoms with van der Waals surface area (Å²) in [5.74, 6) is 0.146. The third-order valence-corrected chi connectivity index (χ3v) is 6.45. The Labute approximate surface area is 161 Å². The molecular formula is C20H22N2O2S2. The Hall–Kier alpha value is -1.89. The number of piperidine rings is 1. The van der Waals surface area contributed by atoms with E-state index in [1.165, 1.54) is 41.5 Å². The molecule has 0 saturated carbocycles. The van der Waals surface area contributed by atoms with Crippen molar-refractivity contribution in [2.75, 3.05) is 18.4 Å². The van der Waals surface area contributed by atoms with Crippen LogP contribution in [0.15, 0.2) is 45.7 Å². The molecule has 4 rings (SSSR count). The second-order valence-corrected chi connectivity index (χ2v) is 8.67. The molecule has 1 fully saturated rings. The first-order valence-electron chi connectivity index (χ1n) is 8.93. The van der Waals surface area contributed by atoms with Crippen LogP contribution in [0.4, 0.5) is 5.00 Å². The molecule has 0 unspecified atom stereocenters. The fourth-order valence-corrected chi connectivity index (χ4v) is 5.22. The number of carbonyl (C=O) groups is 1. The van der Waals surface area contributed by atoms with Gasteiger partial charge in [-0.2, -0.15) is 11.3 Å². The average molecular weight is 387 g/mol. The number of anilines is 1. The molecule has 1 N–H and O–H groups in total. The number of rotatable bonds is 5. The fourth-order valence-electron chi connectivity index (χ4n) is 3.60. The molecule has 0 spiro atoms. The van der Waals surface area contributed by atoms with Crippen LogP contribution in [-0.4, -0.2) is 23.9 Å². The molecule has 4 nitrogen and oxygen atoms in total. The lowest BCUT2D eigenvalue weighted by Crippen LogP contribution is -2.34. The van der Waals surface area contributed by atoms with Crippen molar-refractivity contribution in [3.63, 3.8) is 0 Å². The molecule has 1 aliphatic rings. The molecule has 1 aliphatic heterocycles. The molecule has 3 aromatic rings. The minimum atomic E-state index is -0.194. The van der Waals surface area contributed by atoms with E-state index in [1.807, 2.05) is 0 Å². The molecule has 4 heterocycles. The van der Waals surface area contributed by atoms with Crippen molar-refractivity contribution in [2.45, 2.75) is 32.2 Å². The zero-order chi connectivity index (χ0) is 17.9. The van der Waals surface area contributed by atoms with Crippen LogP contribution in [0, 0.1) is 6.92 Å². The standard InChI is InChI=1S/C20H22N2O2S2/c1-14-12-16(20(26-14)21-19(23)17-6-5-10-24-17)18(15-7-11-25-13-15)22-8-3-2-4-9-22/h5-7,10-13,18H,2-4,8-9H2,1H3,(H,21,23)/t18-/m1/s1. The van der Waals surface area contributed by atoms with Crippen LogP contribution in [0.3, 0.4) is 0 Å². The minimum absolute atomic E-state index is 0.193. The predicted octanol–water partition coefficient (Wildman–Crippen LogP) is 5.54. The zero-order valence-electron chi connectivity index (χ0n) is 14.7. The second-order valence-electron chi connectivity index (χ2n) is 6.63. The molecule has 26 heavy (non-hydrogen) atoms. The van der Waals surface area contributed by atoms with Gasteiger partial charge in [0.15, 0.2) is 5.76 Å². The minimum Gasteiger partial charge on any atom is -0.459 e. The Morgan fingerprint density at radius 2 is 2.12 bits per heavy atom. The highest BCUT2D eigenvalue weighted by Gasteiger charge is 2.28. The molecule has 6 heteroatoms. The molecular weight excluding hydrogens is 364 g/mol. The van der Waals surface area contributed by atoms with Crippen LogP contribution >= 0.6 is 22.7 Å². The summed E-state index contributed by atoms with van der Waals surface area (Å²) in [6.07, 6.45) is 5.30. The number of carbonyl (C=O) groups excluding carboxylic acids is 1. The molecule has 0 aliphatic carbocycles. The van der Waals surface area contributed by atoms with Crippen molar-refractivity contribution in [1.29, 1.82) is 0 Å². The lowest BCUT2D eigenvalue weighted by molar-refractivity contribution is 0.0996. The first kappa shape index (κ1) is 17.5. The Kier molecular flexibility index (Phi) is 5.24. The van der Waals surface area contributed by atoms with Crippen molar-refractivity contribution in [2.24, 2.45) is 0 Å². The topological polar surface area (TPSA) is 45.5 Å². The molecule has 0 radical (unpaired) electrons. The van der Waals surface area contributed by atoms with Crippen molar-refractivity contribution >= 4 is 33.6 Å². The highest BCUT2D eigenvalue weighted by Crippen LogP contribution is 2.40. The van der Waals surface area contributed by atoms with Crippen molar-refractivity contribution in [3.8, 4) is 0 Å². The maximum atomic E-state index is 12.5. The number of aryl methyl sites for hydroxylation is 1. The van der Waals surface area contributed by atoms with Crippen molar-refractivity contribution in [3.05, 3.63) is 63.1 Å². The van der Waals surface area contributed by atoms with E-state index in [4.69, 9.17) is 4.42 Å². The van der Waals surface area contributed by atoms with Crippen molar-refractivity contribution < 1.29 is 9.21 Å². The molecule has 0 bridgehead atoms. The summed E-state index contributed by atoms with van der Waals surface area (Å²) >= 11 is 3.36. The van der Waals surface area contributed by atoms with Gasteiger partial charge in [-0.1, -0.05) is 6.42 Å². The van der Waals surface area contributed by atoms with E-state index in [0.29, 0.717) is 5.76 Å². The van der Waals surface area contributed by atoms with Gasteiger partial charge in [-0.25, -0.2) is 0 Å². The van der Waals surface area contributed by atoms with E-state index in [-0.39, 0.29) is 11.9 Å². The van der Waals surface area contributed by atoms with E-state index in [1.54, 1.807) is 34.8 Å². The Morgan fingerprint density at radius 1 is 1.27 bits per heavy atom. The fraction of sp³-hybridized carbons (Fsp3) is 0.350. The highest BCUT2D eigenvalue weighted by atomic mass is 32.1. The summed E-state index contributed by atoms with van der Waals surface area (Å²) in [6, 6.07) is 8.04.